The standard InChI is InChI=1S/C13H21N3O/c1-4-14-8-11-9(2)7-15-13(16-11)12(17-3)10-5-6-10/h7,10,12,14H,4-6,8H2,1-3H3. The molecule has 94 valence electrons. The first kappa shape index (κ1) is 12.5. The molecule has 0 bridgehead atoms. The summed E-state index contributed by atoms with van der Waals surface area (Å²) in [5, 5.41) is 3.30. The molecule has 1 aliphatic rings. The fourth-order valence-corrected chi connectivity index (χ4v) is 1.96. The van der Waals surface area contributed by atoms with Crippen LogP contribution in [0, 0.1) is 12.8 Å². The topological polar surface area (TPSA) is 47.0 Å². The summed E-state index contributed by atoms with van der Waals surface area (Å²) in [7, 11) is 1.75. The van der Waals surface area contributed by atoms with Crippen LogP contribution in [0.15, 0.2) is 6.20 Å². The first-order chi connectivity index (χ1) is 8.26. The molecule has 2 rings (SSSR count). The molecular weight excluding hydrogens is 214 g/mol. The lowest BCUT2D eigenvalue weighted by Crippen LogP contribution is -2.17. The number of rotatable bonds is 6. The van der Waals surface area contributed by atoms with E-state index in [0.29, 0.717) is 5.92 Å². The van der Waals surface area contributed by atoms with E-state index in [9.17, 15) is 0 Å². The molecule has 1 N–H and O–H groups in total. The second-order valence-corrected chi connectivity index (χ2v) is 4.63. The fourth-order valence-electron chi connectivity index (χ4n) is 1.96. The Morgan fingerprint density at radius 1 is 1.53 bits per heavy atom. The summed E-state index contributed by atoms with van der Waals surface area (Å²) in [5.41, 5.74) is 2.22. The van der Waals surface area contributed by atoms with Gasteiger partial charge in [-0.15, -0.1) is 0 Å². The zero-order chi connectivity index (χ0) is 12.3. The van der Waals surface area contributed by atoms with Crippen LogP contribution < -0.4 is 5.32 Å². The average Bonchev–Trinajstić information content (AvgIpc) is 3.15. The van der Waals surface area contributed by atoms with Gasteiger partial charge in [-0.1, -0.05) is 6.92 Å². The van der Waals surface area contributed by atoms with Crippen LogP contribution >= 0.6 is 0 Å². The molecule has 4 heteroatoms. The Labute approximate surface area is 103 Å². The van der Waals surface area contributed by atoms with Crippen molar-refractivity contribution in [2.75, 3.05) is 13.7 Å². The van der Waals surface area contributed by atoms with Crippen molar-refractivity contribution in [1.29, 1.82) is 0 Å². The van der Waals surface area contributed by atoms with Gasteiger partial charge in [0.15, 0.2) is 5.82 Å². The molecule has 4 nitrogen and oxygen atoms in total. The van der Waals surface area contributed by atoms with E-state index in [2.05, 4.69) is 29.1 Å². The number of hydrogen-bond donors (Lipinski definition) is 1. The zero-order valence-corrected chi connectivity index (χ0v) is 10.9. The minimum absolute atomic E-state index is 0.0796. The van der Waals surface area contributed by atoms with Crippen LogP contribution in [0.25, 0.3) is 0 Å². The molecule has 1 saturated carbocycles. The molecule has 1 aliphatic carbocycles. The number of nitrogens with one attached hydrogen (secondary N) is 1. The highest BCUT2D eigenvalue weighted by Gasteiger charge is 2.34. The lowest BCUT2D eigenvalue weighted by atomic mass is 10.2. The van der Waals surface area contributed by atoms with E-state index in [1.165, 1.54) is 12.8 Å². The maximum Gasteiger partial charge on any atom is 0.157 e. The molecular formula is C13H21N3O. The lowest BCUT2D eigenvalue weighted by Gasteiger charge is -2.14. The molecule has 1 atom stereocenters. The second kappa shape index (κ2) is 5.56. The Kier molecular flexibility index (Phi) is 4.07. The van der Waals surface area contributed by atoms with Crippen LogP contribution in [-0.2, 0) is 11.3 Å². The number of aryl methyl sites for hydroxylation is 1. The predicted octanol–water partition coefficient (Wildman–Crippen LogP) is 1.99. The van der Waals surface area contributed by atoms with Gasteiger partial charge in [0.05, 0.1) is 5.69 Å². The van der Waals surface area contributed by atoms with Gasteiger partial charge in [-0.05, 0) is 37.8 Å². The molecule has 0 spiro atoms. The van der Waals surface area contributed by atoms with Crippen molar-refractivity contribution in [3.63, 3.8) is 0 Å². The van der Waals surface area contributed by atoms with Crippen molar-refractivity contribution in [2.45, 2.75) is 39.3 Å². The highest BCUT2D eigenvalue weighted by atomic mass is 16.5. The van der Waals surface area contributed by atoms with E-state index in [1.807, 2.05) is 6.20 Å². The number of hydrogen-bond acceptors (Lipinski definition) is 4. The van der Waals surface area contributed by atoms with E-state index >= 15 is 0 Å². The third-order valence-corrected chi connectivity index (χ3v) is 3.20. The molecule has 1 unspecified atom stereocenters. The van der Waals surface area contributed by atoms with E-state index in [1.54, 1.807) is 7.11 Å². The van der Waals surface area contributed by atoms with Crippen molar-refractivity contribution in [3.05, 3.63) is 23.3 Å². The molecule has 1 fully saturated rings. The maximum absolute atomic E-state index is 5.51. The number of aromatic nitrogens is 2. The molecule has 0 radical (unpaired) electrons. The first-order valence-electron chi connectivity index (χ1n) is 6.32. The summed E-state index contributed by atoms with van der Waals surface area (Å²) in [6.45, 7) is 5.91. The SMILES string of the molecule is CCNCc1nc(C(OC)C2CC2)ncc1C. The fraction of sp³-hybridized carbons (Fsp3) is 0.692. The third-order valence-electron chi connectivity index (χ3n) is 3.20. The van der Waals surface area contributed by atoms with Crippen molar-refractivity contribution >= 4 is 0 Å². The Balaban J connectivity index is 2.16. The van der Waals surface area contributed by atoms with Gasteiger partial charge in [0.1, 0.15) is 6.10 Å². The van der Waals surface area contributed by atoms with Crippen LogP contribution in [0.3, 0.4) is 0 Å². The summed E-state index contributed by atoms with van der Waals surface area (Å²) < 4.78 is 5.51. The Morgan fingerprint density at radius 2 is 2.29 bits per heavy atom. The van der Waals surface area contributed by atoms with Gasteiger partial charge in [-0.3, -0.25) is 0 Å². The summed E-state index contributed by atoms with van der Waals surface area (Å²) >= 11 is 0. The van der Waals surface area contributed by atoms with E-state index < -0.39 is 0 Å². The molecule has 17 heavy (non-hydrogen) atoms. The van der Waals surface area contributed by atoms with Crippen LogP contribution in [0.2, 0.25) is 0 Å². The molecule has 0 aliphatic heterocycles. The normalized spacial score (nSPS) is 17.1. The highest BCUT2D eigenvalue weighted by Crippen LogP contribution is 2.41. The van der Waals surface area contributed by atoms with Gasteiger partial charge in [0, 0.05) is 19.9 Å². The Bertz CT molecular complexity index is 377. The van der Waals surface area contributed by atoms with Gasteiger partial charge < -0.3 is 10.1 Å². The van der Waals surface area contributed by atoms with Gasteiger partial charge in [0.25, 0.3) is 0 Å². The first-order valence-corrected chi connectivity index (χ1v) is 6.32. The monoisotopic (exact) mass is 235 g/mol. The van der Waals surface area contributed by atoms with Crippen LogP contribution in [0.5, 0.6) is 0 Å². The van der Waals surface area contributed by atoms with Crippen LogP contribution in [0.4, 0.5) is 0 Å². The molecule has 1 heterocycles. The third kappa shape index (κ3) is 3.01. The Morgan fingerprint density at radius 3 is 2.88 bits per heavy atom. The lowest BCUT2D eigenvalue weighted by molar-refractivity contribution is 0.0769. The van der Waals surface area contributed by atoms with Crippen LogP contribution in [0.1, 0.15) is 43.0 Å². The van der Waals surface area contributed by atoms with Gasteiger partial charge in [-0.2, -0.15) is 0 Å². The zero-order valence-electron chi connectivity index (χ0n) is 10.9. The molecule has 0 aromatic carbocycles. The van der Waals surface area contributed by atoms with Crippen molar-refractivity contribution in [1.82, 2.24) is 15.3 Å². The summed E-state index contributed by atoms with van der Waals surface area (Å²) in [4.78, 5) is 9.06. The molecule has 0 amide bonds. The quantitative estimate of drug-likeness (QED) is 0.819. The summed E-state index contributed by atoms with van der Waals surface area (Å²) in [6, 6.07) is 0. The minimum Gasteiger partial charge on any atom is -0.373 e. The van der Waals surface area contributed by atoms with Crippen molar-refractivity contribution in [3.8, 4) is 0 Å². The summed E-state index contributed by atoms with van der Waals surface area (Å²) in [6.07, 6.45) is 4.45. The number of methoxy groups -OCH3 is 1. The van der Waals surface area contributed by atoms with Crippen molar-refractivity contribution < 1.29 is 4.74 Å². The second-order valence-electron chi connectivity index (χ2n) is 4.63. The molecule has 1 aromatic heterocycles. The van der Waals surface area contributed by atoms with E-state index in [0.717, 1.165) is 30.2 Å². The molecule has 0 saturated heterocycles. The largest absolute Gasteiger partial charge is 0.373 e. The van der Waals surface area contributed by atoms with E-state index in [-0.39, 0.29) is 6.10 Å². The highest BCUT2D eigenvalue weighted by molar-refractivity contribution is 5.17. The maximum atomic E-state index is 5.51. The summed E-state index contributed by atoms with van der Waals surface area (Å²) in [5.74, 6) is 1.46. The van der Waals surface area contributed by atoms with Crippen LogP contribution in [-0.4, -0.2) is 23.6 Å². The number of nitrogens with zero attached hydrogens (tertiary/aromatic N) is 2. The van der Waals surface area contributed by atoms with Gasteiger partial charge in [-0.25, -0.2) is 9.97 Å². The van der Waals surface area contributed by atoms with Gasteiger partial charge >= 0.3 is 0 Å². The van der Waals surface area contributed by atoms with Gasteiger partial charge in [0.2, 0.25) is 0 Å². The Hall–Kier alpha value is -1.00. The van der Waals surface area contributed by atoms with Crippen molar-refractivity contribution in [2.24, 2.45) is 5.92 Å². The smallest absolute Gasteiger partial charge is 0.157 e. The van der Waals surface area contributed by atoms with E-state index in [4.69, 9.17) is 4.74 Å². The average molecular weight is 235 g/mol. The minimum atomic E-state index is 0.0796. The molecule has 1 aromatic rings. The predicted molar refractivity (Wildman–Crippen MR) is 66.6 cm³/mol. The number of ether oxygens (including phenoxy) is 1.